The third-order valence-electron chi connectivity index (χ3n) is 5.07. The maximum Gasteiger partial charge on any atom is 0.335 e. The van der Waals surface area contributed by atoms with Crippen molar-refractivity contribution in [2.24, 2.45) is 0 Å². The van der Waals surface area contributed by atoms with E-state index in [2.05, 4.69) is 22.6 Å². The fourth-order valence-corrected chi connectivity index (χ4v) is 4.88. The molecule has 0 bridgehead atoms. The van der Waals surface area contributed by atoms with Crippen LogP contribution < -0.4 is 9.47 Å². The monoisotopic (exact) mass is 581 g/mol. The molecule has 0 spiro atoms. The highest BCUT2D eigenvalue weighted by Gasteiger charge is 2.37. The van der Waals surface area contributed by atoms with E-state index < -0.39 is 5.97 Å². The van der Waals surface area contributed by atoms with Gasteiger partial charge in [-0.2, -0.15) is 0 Å². The van der Waals surface area contributed by atoms with Gasteiger partial charge in [-0.25, -0.2) is 4.79 Å². The fraction of sp³-hybridized carbons (Fsp3) is 0.292. The minimum absolute atomic E-state index is 0.150. The summed E-state index contributed by atoms with van der Waals surface area (Å²) in [5.41, 5.74) is 1.77. The van der Waals surface area contributed by atoms with Crippen molar-refractivity contribution in [3.05, 3.63) is 61.6 Å². The molecule has 0 unspecified atom stereocenters. The molecule has 3 rings (SSSR count). The van der Waals surface area contributed by atoms with Gasteiger partial charge >= 0.3 is 5.97 Å². The van der Waals surface area contributed by atoms with Gasteiger partial charge in [0.05, 0.1) is 20.6 Å². The second-order valence-electron chi connectivity index (χ2n) is 7.36. The molecule has 2 aromatic rings. The smallest absolute Gasteiger partial charge is 0.335 e. The van der Waals surface area contributed by atoms with E-state index in [4.69, 9.17) is 14.6 Å². The molecular formula is C24H24INO6S. The number of thioether (sulfide) groups is 1. The van der Waals surface area contributed by atoms with Gasteiger partial charge in [0.1, 0.15) is 6.61 Å². The lowest BCUT2D eigenvalue weighted by molar-refractivity contribution is -0.124. The Labute approximate surface area is 210 Å². The van der Waals surface area contributed by atoms with Gasteiger partial charge in [-0.3, -0.25) is 14.5 Å². The predicted molar refractivity (Wildman–Crippen MR) is 136 cm³/mol. The number of nitrogens with zero attached hydrogens (tertiary/aromatic N) is 1. The number of amides is 2. The van der Waals surface area contributed by atoms with Gasteiger partial charge in [0.15, 0.2) is 11.5 Å². The van der Waals surface area contributed by atoms with Crippen LogP contribution in [-0.2, 0) is 11.4 Å². The van der Waals surface area contributed by atoms with Crippen LogP contribution in [0.1, 0.15) is 48.7 Å². The lowest BCUT2D eigenvalue weighted by Gasteiger charge is -2.19. The number of ether oxygens (including phenoxy) is 2. The number of hydrogen-bond donors (Lipinski definition) is 1. The van der Waals surface area contributed by atoms with Crippen LogP contribution in [0.4, 0.5) is 4.79 Å². The Hall–Kier alpha value is -2.53. The van der Waals surface area contributed by atoms with E-state index in [1.54, 1.807) is 24.3 Å². The van der Waals surface area contributed by atoms with Crippen molar-refractivity contribution in [3.8, 4) is 11.5 Å². The molecule has 0 saturated carbocycles. The number of hydrogen-bond acceptors (Lipinski definition) is 6. The van der Waals surface area contributed by atoms with Crippen LogP contribution in [-0.4, -0.2) is 39.8 Å². The lowest BCUT2D eigenvalue weighted by Crippen LogP contribution is -2.36. The Morgan fingerprint density at radius 3 is 2.48 bits per heavy atom. The Bertz CT molecular complexity index is 1100. The zero-order chi connectivity index (χ0) is 24.1. The quantitative estimate of drug-likeness (QED) is 0.296. The molecule has 2 amide bonds. The number of carboxylic acids is 1. The Kier molecular flexibility index (Phi) is 8.41. The van der Waals surface area contributed by atoms with Gasteiger partial charge in [-0.05, 0) is 96.1 Å². The Morgan fingerprint density at radius 2 is 1.88 bits per heavy atom. The molecule has 0 aliphatic carbocycles. The maximum atomic E-state index is 12.7. The number of carbonyl (C=O) groups is 3. The van der Waals surface area contributed by atoms with Crippen molar-refractivity contribution in [3.63, 3.8) is 0 Å². The summed E-state index contributed by atoms with van der Waals surface area (Å²) in [7, 11) is 0. The largest absolute Gasteiger partial charge is 0.490 e. The number of carboxylic acid groups (broad SMARTS) is 1. The van der Waals surface area contributed by atoms with E-state index in [0.29, 0.717) is 29.4 Å². The Balaban J connectivity index is 1.84. The summed E-state index contributed by atoms with van der Waals surface area (Å²) in [6.07, 6.45) is 2.40. The molecule has 1 aliphatic heterocycles. The predicted octanol–water partition coefficient (Wildman–Crippen LogP) is 5.80. The molecular weight excluding hydrogens is 557 g/mol. The summed E-state index contributed by atoms with van der Waals surface area (Å²) in [6, 6.07) is 9.98. The zero-order valence-corrected chi connectivity index (χ0v) is 21.4. The number of rotatable bonds is 9. The first kappa shape index (κ1) is 25.1. The van der Waals surface area contributed by atoms with E-state index >= 15 is 0 Å². The lowest BCUT2D eigenvalue weighted by atomic mass is 10.1. The molecule has 0 aromatic heterocycles. The van der Waals surface area contributed by atoms with Crippen molar-refractivity contribution in [1.29, 1.82) is 0 Å². The minimum atomic E-state index is -0.978. The molecule has 2 aromatic carbocycles. The van der Waals surface area contributed by atoms with Gasteiger partial charge in [-0.1, -0.05) is 19.1 Å². The molecule has 1 heterocycles. The van der Waals surface area contributed by atoms with Crippen LogP contribution in [0, 0.1) is 3.57 Å². The van der Waals surface area contributed by atoms with Crippen LogP contribution in [0.3, 0.4) is 0 Å². The summed E-state index contributed by atoms with van der Waals surface area (Å²) in [6.45, 7) is 6.33. The number of carbonyl (C=O) groups excluding carboxylic acids is 2. The highest BCUT2D eigenvalue weighted by Crippen LogP contribution is 2.38. The second-order valence-corrected chi connectivity index (χ2v) is 9.52. The molecule has 1 atom stereocenters. The summed E-state index contributed by atoms with van der Waals surface area (Å²) in [5.74, 6) is -0.172. The van der Waals surface area contributed by atoms with Gasteiger partial charge in [0, 0.05) is 6.04 Å². The first-order valence-corrected chi connectivity index (χ1v) is 12.3. The van der Waals surface area contributed by atoms with E-state index in [1.807, 2.05) is 26.8 Å². The molecule has 7 nitrogen and oxygen atoms in total. The maximum absolute atomic E-state index is 12.7. The summed E-state index contributed by atoms with van der Waals surface area (Å²) in [4.78, 5) is 37.7. The average Bonchev–Trinajstić information content (AvgIpc) is 3.05. The van der Waals surface area contributed by atoms with Crippen LogP contribution >= 0.6 is 34.4 Å². The number of benzene rings is 2. The Morgan fingerprint density at radius 1 is 1.18 bits per heavy atom. The van der Waals surface area contributed by atoms with Gasteiger partial charge in [0.25, 0.3) is 11.1 Å². The van der Waals surface area contributed by atoms with Crippen molar-refractivity contribution >= 4 is 57.5 Å². The fourth-order valence-electron chi connectivity index (χ4n) is 3.17. The average molecular weight is 581 g/mol. The molecule has 1 aliphatic rings. The molecule has 1 fully saturated rings. The first-order chi connectivity index (χ1) is 15.7. The third kappa shape index (κ3) is 5.89. The molecule has 1 N–H and O–H groups in total. The van der Waals surface area contributed by atoms with E-state index in [-0.39, 0.29) is 29.4 Å². The van der Waals surface area contributed by atoms with Crippen molar-refractivity contribution < 1.29 is 29.0 Å². The van der Waals surface area contributed by atoms with Crippen molar-refractivity contribution in [1.82, 2.24) is 4.90 Å². The molecule has 1 saturated heterocycles. The van der Waals surface area contributed by atoms with E-state index in [9.17, 15) is 14.4 Å². The topological polar surface area (TPSA) is 93.1 Å². The van der Waals surface area contributed by atoms with Gasteiger partial charge < -0.3 is 14.6 Å². The molecule has 33 heavy (non-hydrogen) atoms. The SMILES string of the molecule is CCOc1cc(/C=C2/SC(=O)N([C@@H](C)CC)C2=O)cc(I)c1OCc1ccc(C(=O)O)cc1. The van der Waals surface area contributed by atoms with Crippen LogP contribution in [0.25, 0.3) is 6.08 Å². The first-order valence-electron chi connectivity index (χ1n) is 10.4. The summed E-state index contributed by atoms with van der Waals surface area (Å²) >= 11 is 3.09. The van der Waals surface area contributed by atoms with Crippen LogP contribution in [0.5, 0.6) is 11.5 Å². The molecule has 0 radical (unpaired) electrons. The third-order valence-corrected chi connectivity index (χ3v) is 6.75. The standard InChI is InChI=1S/C24H24INO6S/c1-4-14(3)26-22(27)20(33-24(26)30)12-16-10-18(25)21(19(11-16)31-5-2)32-13-15-6-8-17(9-7-15)23(28)29/h6-12,14H,4-5,13H2,1-3H3,(H,28,29)/b20-12+/t14-/m0/s1. The van der Waals surface area contributed by atoms with Gasteiger partial charge in [0.2, 0.25) is 0 Å². The molecule has 9 heteroatoms. The van der Waals surface area contributed by atoms with Crippen molar-refractivity contribution in [2.75, 3.05) is 6.61 Å². The number of imide groups is 1. The minimum Gasteiger partial charge on any atom is -0.490 e. The van der Waals surface area contributed by atoms with Crippen molar-refractivity contribution in [2.45, 2.75) is 39.8 Å². The van der Waals surface area contributed by atoms with E-state index in [0.717, 1.165) is 26.5 Å². The van der Waals surface area contributed by atoms with Crippen LogP contribution in [0.2, 0.25) is 0 Å². The van der Waals surface area contributed by atoms with E-state index in [1.165, 1.54) is 17.0 Å². The normalized spacial score (nSPS) is 15.8. The second kappa shape index (κ2) is 11.1. The zero-order valence-electron chi connectivity index (χ0n) is 18.5. The van der Waals surface area contributed by atoms with Gasteiger partial charge in [-0.15, -0.1) is 0 Å². The number of aromatic carboxylic acids is 1. The highest BCUT2D eigenvalue weighted by molar-refractivity contribution is 14.1. The number of halogens is 1. The van der Waals surface area contributed by atoms with Crippen LogP contribution in [0.15, 0.2) is 41.3 Å². The molecule has 174 valence electrons. The summed E-state index contributed by atoms with van der Waals surface area (Å²) < 4.78 is 12.6. The highest BCUT2D eigenvalue weighted by atomic mass is 127. The summed E-state index contributed by atoms with van der Waals surface area (Å²) in [5, 5.41) is 8.78.